The maximum Gasteiger partial charge on any atom is 0.233 e. The first-order chi connectivity index (χ1) is 10.1. The monoisotopic (exact) mass is 286 g/mol. The van der Waals surface area contributed by atoms with Gasteiger partial charge < -0.3 is 10.5 Å². The second kappa shape index (κ2) is 6.92. The Hall–Kier alpha value is -2.30. The van der Waals surface area contributed by atoms with E-state index >= 15 is 0 Å². The molecule has 1 heterocycles. The lowest BCUT2D eigenvalue weighted by Crippen LogP contribution is -2.39. The Balaban J connectivity index is 2.12. The molecule has 1 aliphatic rings. The molecule has 0 fully saturated rings. The van der Waals surface area contributed by atoms with Crippen LogP contribution in [-0.4, -0.2) is 30.2 Å². The van der Waals surface area contributed by atoms with Crippen molar-refractivity contribution in [3.8, 4) is 0 Å². The van der Waals surface area contributed by atoms with Gasteiger partial charge in [-0.05, 0) is 17.9 Å². The number of Topliss-reactive ketones (excluding diaryl/α,β-unsaturated/α-hetero) is 1. The molecule has 1 aromatic carbocycles. The summed E-state index contributed by atoms with van der Waals surface area (Å²) >= 11 is 0. The third-order valence-electron chi connectivity index (χ3n) is 3.77. The summed E-state index contributed by atoms with van der Waals surface area (Å²) in [5.41, 5.74) is 6.26. The molecule has 110 valence electrons. The van der Waals surface area contributed by atoms with E-state index in [1.165, 1.54) is 6.21 Å². The van der Waals surface area contributed by atoms with Crippen LogP contribution in [0.4, 0.5) is 0 Å². The van der Waals surface area contributed by atoms with E-state index in [4.69, 9.17) is 5.73 Å². The number of nitrogens with two attached hydrogens (primary N) is 1. The molecule has 2 rings (SSSR count). The topological polar surface area (TPSA) is 89.6 Å². The van der Waals surface area contributed by atoms with Gasteiger partial charge in [0.05, 0.1) is 6.04 Å². The number of carbonyl (C=O) groups excluding carboxylic acids is 3. The van der Waals surface area contributed by atoms with Crippen molar-refractivity contribution < 1.29 is 14.4 Å². The molecule has 1 aliphatic heterocycles. The summed E-state index contributed by atoms with van der Waals surface area (Å²) in [5, 5.41) is 0. The molecule has 0 bridgehead atoms. The molecule has 1 aromatic rings. The SMILES string of the molecule is NC(=O)C1C=NC(C(CC=O)Cc2ccccc2)CC1=O. The van der Waals surface area contributed by atoms with Crippen molar-refractivity contribution in [2.75, 3.05) is 0 Å². The molecule has 0 spiro atoms. The predicted octanol–water partition coefficient (Wildman–Crippen LogP) is 0.948. The summed E-state index contributed by atoms with van der Waals surface area (Å²) in [6.45, 7) is 0. The number of ketones is 1. The fourth-order valence-corrected chi connectivity index (χ4v) is 2.60. The first-order valence-electron chi connectivity index (χ1n) is 6.94. The highest BCUT2D eigenvalue weighted by molar-refractivity contribution is 6.14. The van der Waals surface area contributed by atoms with Crippen molar-refractivity contribution in [3.05, 3.63) is 35.9 Å². The van der Waals surface area contributed by atoms with Gasteiger partial charge in [-0.3, -0.25) is 14.6 Å². The molecule has 0 saturated carbocycles. The van der Waals surface area contributed by atoms with E-state index in [0.29, 0.717) is 12.8 Å². The van der Waals surface area contributed by atoms with Gasteiger partial charge in [0.15, 0.2) is 5.78 Å². The first kappa shape index (κ1) is 15.1. The van der Waals surface area contributed by atoms with Crippen LogP contribution in [0, 0.1) is 11.8 Å². The van der Waals surface area contributed by atoms with Crippen LogP contribution in [0.2, 0.25) is 0 Å². The molecule has 0 saturated heterocycles. The number of hydrogen-bond donors (Lipinski definition) is 1. The lowest BCUT2D eigenvalue weighted by molar-refractivity contribution is -0.130. The van der Waals surface area contributed by atoms with Crippen molar-refractivity contribution in [3.63, 3.8) is 0 Å². The molecule has 0 aliphatic carbocycles. The summed E-state index contributed by atoms with van der Waals surface area (Å²) in [6.07, 6.45) is 3.37. The van der Waals surface area contributed by atoms with E-state index in [1.807, 2.05) is 30.3 Å². The van der Waals surface area contributed by atoms with Crippen LogP contribution in [-0.2, 0) is 20.8 Å². The third-order valence-corrected chi connectivity index (χ3v) is 3.77. The smallest absolute Gasteiger partial charge is 0.233 e. The summed E-state index contributed by atoms with van der Waals surface area (Å²) in [5.74, 6) is -1.85. The normalized spacial score (nSPS) is 22.8. The summed E-state index contributed by atoms with van der Waals surface area (Å²) in [6, 6.07) is 9.50. The number of aldehydes is 1. The zero-order valence-electron chi connectivity index (χ0n) is 11.6. The van der Waals surface area contributed by atoms with Crippen molar-refractivity contribution >= 4 is 24.2 Å². The Morgan fingerprint density at radius 3 is 2.67 bits per heavy atom. The minimum atomic E-state index is -0.921. The molecule has 21 heavy (non-hydrogen) atoms. The Labute approximate surface area is 123 Å². The number of benzene rings is 1. The second-order valence-corrected chi connectivity index (χ2v) is 5.27. The molecule has 5 heteroatoms. The van der Waals surface area contributed by atoms with Gasteiger partial charge in [-0.25, -0.2) is 0 Å². The number of aliphatic imine (C=N–C) groups is 1. The zero-order chi connectivity index (χ0) is 15.2. The number of carbonyl (C=O) groups is 3. The predicted molar refractivity (Wildman–Crippen MR) is 78.9 cm³/mol. The number of nitrogens with zero attached hydrogens (tertiary/aromatic N) is 1. The molecular weight excluding hydrogens is 268 g/mol. The lowest BCUT2D eigenvalue weighted by atomic mass is 9.83. The molecular formula is C16H18N2O3. The fraction of sp³-hybridized carbons (Fsp3) is 0.375. The van der Waals surface area contributed by atoms with Gasteiger partial charge in [-0.2, -0.15) is 0 Å². The maximum absolute atomic E-state index is 11.9. The van der Waals surface area contributed by atoms with E-state index in [1.54, 1.807) is 0 Å². The van der Waals surface area contributed by atoms with E-state index in [2.05, 4.69) is 4.99 Å². The van der Waals surface area contributed by atoms with Crippen LogP contribution in [0.1, 0.15) is 18.4 Å². The lowest BCUT2D eigenvalue weighted by Gasteiger charge is -2.26. The summed E-state index contributed by atoms with van der Waals surface area (Å²) < 4.78 is 0. The molecule has 1 amide bonds. The summed E-state index contributed by atoms with van der Waals surface area (Å²) in [4.78, 5) is 38.2. The Morgan fingerprint density at radius 2 is 2.10 bits per heavy atom. The number of primary amides is 1. The van der Waals surface area contributed by atoms with Crippen molar-refractivity contribution in [2.24, 2.45) is 22.6 Å². The standard InChI is InChI=1S/C16H18N2O3/c17-16(21)13-10-18-14(9-15(13)20)12(6-7-19)8-11-4-2-1-3-5-11/h1-5,7,10,12-14H,6,8-9H2,(H2,17,21). The van der Waals surface area contributed by atoms with Crippen molar-refractivity contribution in [1.82, 2.24) is 0 Å². The maximum atomic E-state index is 11.9. The highest BCUT2D eigenvalue weighted by atomic mass is 16.2. The minimum absolute atomic E-state index is 0.0427. The van der Waals surface area contributed by atoms with Crippen LogP contribution >= 0.6 is 0 Å². The van der Waals surface area contributed by atoms with Gasteiger partial charge in [0.2, 0.25) is 5.91 Å². The van der Waals surface area contributed by atoms with Gasteiger partial charge >= 0.3 is 0 Å². The Morgan fingerprint density at radius 1 is 1.38 bits per heavy atom. The van der Waals surface area contributed by atoms with Crippen molar-refractivity contribution in [1.29, 1.82) is 0 Å². The Bertz CT molecular complexity index is 554. The number of rotatable bonds is 6. The molecule has 5 nitrogen and oxygen atoms in total. The van der Waals surface area contributed by atoms with Gasteiger partial charge in [-0.15, -0.1) is 0 Å². The van der Waals surface area contributed by atoms with E-state index in [9.17, 15) is 14.4 Å². The van der Waals surface area contributed by atoms with E-state index in [0.717, 1.165) is 11.8 Å². The second-order valence-electron chi connectivity index (χ2n) is 5.27. The minimum Gasteiger partial charge on any atom is -0.369 e. The van der Waals surface area contributed by atoms with Gasteiger partial charge in [0.1, 0.15) is 12.2 Å². The van der Waals surface area contributed by atoms with Crippen LogP contribution in [0.25, 0.3) is 0 Å². The molecule has 0 radical (unpaired) electrons. The van der Waals surface area contributed by atoms with Crippen LogP contribution in [0.15, 0.2) is 35.3 Å². The zero-order valence-corrected chi connectivity index (χ0v) is 11.6. The highest BCUT2D eigenvalue weighted by Gasteiger charge is 2.32. The fourth-order valence-electron chi connectivity index (χ4n) is 2.60. The average Bonchev–Trinajstić information content (AvgIpc) is 2.47. The van der Waals surface area contributed by atoms with E-state index in [-0.39, 0.29) is 24.2 Å². The number of amides is 1. The van der Waals surface area contributed by atoms with E-state index < -0.39 is 11.8 Å². The van der Waals surface area contributed by atoms with Crippen molar-refractivity contribution in [2.45, 2.75) is 25.3 Å². The largest absolute Gasteiger partial charge is 0.369 e. The first-order valence-corrected chi connectivity index (χ1v) is 6.94. The quantitative estimate of drug-likeness (QED) is 0.623. The summed E-state index contributed by atoms with van der Waals surface area (Å²) in [7, 11) is 0. The van der Waals surface area contributed by atoms with Crippen LogP contribution < -0.4 is 5.73 Å². The third kappa shape index (κ3) is 3.84. The van der Waals surface area contributed by atoms with Crippen LogP contribution in [0.3, 0.4) is 0 Å². The Kier molecular flexibility index (Phi) is 4.98. The number of hydrogen-bond acceptors (Lipinski definition) is 4. The average molecular weight is 286 g/mol. The van der Waals surface area contributed by atoms with Gasteiger partial charge in [0.25, 0.3) is 0 Å². The molecule has 3 atom stereocenters. The molecule has 0 aromatic heterocycles. The molecule has 3 unspecified atom stereocenters. The van der Waals surface area contributed by atoms with Crippen LogP contribution in [0.5, 0.6) is 0 Å². The molecule has 2 N–H and O–H groups in total. The highest BCUT2D eigenvalue weighted by Crippen LogP contribution is 2.24. The van der Waals surface area contributed by atoms with Gasteiger partial charge in [0, 0.05) is 19.1 Å². The van der Waals surface area contributed by atoms with Gasteiger partial charge in [-0.1, -0.05) is 30.3 Å².